The van der Waals surface area contributed by atoms with Crippen LogP contribution in [0.25, 0.3) is 6.08 Å². The number of carbonyl (C=O) groups is 1. The quantitative estimate of drug-likeness (QED) is 0.325. The minimum absolute atomic E-state index is 0.0117. The predicted octanol–water partition coefficient (Wildman–Crippen LogP) is 2.85. The third kappa shape index (κ3) is 8.08. The molecule has 1 amide bonds. The normalized spacial score (nSPS) is 16.2. The van der Waals surface area contributed by atoms with E-state index in [4.69, 9.17) is 21.7 Å². The van der Waals surface area contributed by atoms with Crippen LogP contribution in [-0.2, 0) is 26.0 Å². The zero-order valence-electron chi connectivity index (χ0n) is 18.9. The molecule has 1 aromatic heterocycles. The first-order valence-electron chi connectivity index (χ1n) is 11.0. The van der Waals surface area contributed by atoms with Crippen LogP contribution in [0.3, 0.4) is 0 Å². The summed E-state index contributed by atoms with van der Waals surface area (Å²) in [6.45, 7) is 1.31. The largest absolute Gasteiger partial charge is 0.489 e. The van der Waals surface area contributed by atoms with Crippen molar-refractivity contribution < 1.29 is 22.7 Å². The third-order valence-electron chi connectivity index (χ3n) is 5.11. The van der Waals surface area contributed by atoms with Crippen molar-refractivity contribution in [3.05, 3.63) is 52.2 Å². The fourth-order valence-electron chi connectivity index (χ4n) is 3.32. The van der Waals surface area contributed by atoms with Gasteiger partial charge in [-0.2, -0.15) is 0 Å². The summed E-state index contributed by atoms with van der Waals surface area (Å²) in [6, 6.07) is 8.81. The Morgan fingerprint density at radius 2 is 2.18 bits per heavy atom. The van der Waals surface area contributed by atoms with Crippen molar-refractivity contribution in [1.29, 1.82) is 0 Å². The second-order valence-electron chi connectivity index (χ2n) is 7.66. The molecule has 184 valence electrons. The van der Waals surface area contributed by atoms with E-state index in [1.807, 2.05) is 17.5 Å². The molecule has 1 fully saturated rings. The van der Waals surface area contributed by atoms with Gasteiger partial charge in [0.05, 0.1) is 6.10 Å². The highest BCUT2D eigenvalue weighted by atomic mass is 32.2. The van der Waals surface area contributed by atoms with Crippen LogP contribution >= 0.6 is 23.6 Å². The molecule has 1 atom stereocenters. The average Bonchev–Trinajstić information content (AvgIpc) is 3.36. The highest BCUT2D eigenvalue weighted by Gasteiger charge is 2.23. The van der Waals surface area contributed by atoms with Crippen LogP contribution in [0.4, 0.5) is 0 Å². The van der Waals surface area contributed by atoms with Crippen LogP contribution < -0.4 is 20.1 Å². The standard InChI is InChI=1S/C23H29N3O5S3/c1-24-23(32)26-34(28,29)21-15-17(7-9-20(21)31-16-18-5-2-3-13-30-18)11-12-25-22(27)10-8-19-6-4-14-33-19/h4,6-10,14-15,18H,2-3,5,11-13,16H2,1H3,(H,25,27)(H2,24,26,32)/b10-8+. The van der Waals surface area contributed by atoms with E-state index in [0.29, 0.717) is 19.6 Å². The van der Waals surface area contributed by atoms with Gasteiger partial charge < -0.3 is 20.1 Å². The van der Waals surface area contributed by atoms with Crippen LogP contribution in [0, 0.1) is 0 Å². The Kier molecular flexibility index (Phi) is 9.87. The van der Waals surface area contributed by atoms with Crippen molar-refractivity contribution in [3.8, 4) is 5.75 Å². The molecular weight excluding hydrogens is 494 g/mol. The van der Waals surface area contributed by atoms with Crippen LogP contribution in [-0.4, -0.2) is 52.3 Å². The van der Waals surface area contributed by atoms with Crippen LogP contribution in [0.2, 0.25) is 0 Å². The number of ether oxygens (including phenoxy) is 2. The van der Waals surface area contributed by atoms with E-state index in [2.05, 4.69) is 15.4 Å². The molecule has 1 unspecified atom stereocenters. The van der Waals surface area contributed by atoms with Crippen LogP contribution in [0.5, 0.6) is 5.75 Å². The summed E-state index contributed by atoms with van der Waals surface area (Å²) in [5.74, 6) is 0.0157. The number of hydrogen-bond donors (Lipinski definition) is 3. The lowest BCUT2D eigenvalue weighted by Gasteiger charge is -2.23. The van der Waals surface area contributed by atoms with Gasteiger partial charge >= 0.3 is 0 Å². The van der Waals surface area contributed by atoms with Gasteiger partial charge in [-0.25, -0.2) is 8.42 Å². The zero-order chi connectivity index (χ0) is 24.4. The number of nitrogens with one attached hydrogen (secondary N) is 3. The molecule has 0 aliphatic carbocycles. The number of thiophene rings is 1. The van der Waals surface area contributed by atoms with Crippen molar-refractivity contribution in [2.75, 3.05) is 26.8 Å². The molecule has 1 aliphatic rings. The summed E-state index contributed by atoms with van der Waals surface area (Å²) in [5, 5.41) is 7.34. The summed E-state index contributed by atoms with van der Waals surface area (Å²) >= 11 is 6.53. The maximum atomic E-state index is 13.0. The summed E-state index contributed by atoms with van der Waals surface area (Å²) in [5.41, 5.74) is 0.736. The topological polar surface area (TPSA) is 106 Å². The van der Waals surface area contributed by atoms with Crippen molar-refractivity contribution >= 4 is 50.7 Å². The second-order valence-corrected chi connectivity index (χ2v) is 10.7. The molecule has 1 aromatic carbocycles. The molecule has 3 N–H and O–H groups in total. The Bertz CT molecular complexity index is 1100. The number of carbonyl (C=O) groups excluding carboxylic acids is 1. The lowest BCUT2D eigenvalue weighted by atomic mass is 10.1. The van der Waals surface area contributed by atoms with Gasteiger partial charge in [0.25, 0.3) is 10.0 Å². The van der Waals surface area contributed by atoms with E-state index in [9.17, 15) is 13.2 Å². The monoisotopic (exact) mass is 523 g/mol. The summed E-state index contributed by atoms with van der Waals surface area (Å²) in [7, 11) is -2.43. The van der Waals surface area contributed by atoms with Gasteiger partial charge in [-0.15, -0.1) is 11.3 Å². The first kappa shape index (κ1) is 26.1. The molecule has 0 radical (unpaired) electrons. The van der Waals surface area contributed by atoms with Gasteiger partial charge in [0.1, 0.15) is 17.3 Å². The summed E-state index contributed by atoms with van der Waals surface area (Å²) in [6.07, 6.45) is 6.58. The van der Waals surface area contributed by atoms with Crippen molar-refractivity contribution in [2.24, 2.45) is 0 Å². The summed E-state index contributed by atoms with van der Waals surface area (Å²) in [4.78, 5) is 13.0. The first-order valence-corrected chi connectivity index (χ1v) is 13.8. The van der Waals surface area contributed by atoms with Gasteiger partial charge in [0.15, 0.2) is 5.11 Å². The molecule has 2 heterocycles. The number of benzene rings is 1. The van der Waals surface area contributed by atoms with E-state index in [1.165, 1.54) is 13.1 Å². The number of thiocarbonyl (C=S) groups is 1. The van der Waals surface area contributed by atoms with Gasteiger partial charge in [-0.05, 0) is 73.1 Å². The zero-order valence-corrected chi connectivity index (χ0v) is 21.4. The molecular formula is C23H29N3O5S3. The van der Waals surface area contributed by atoms with Crippen LogP contribution in [0.15, 0.2) is 46.7 Å². The lowest BCUT2D eigenvalue weighted by molar-refractivity contribution is -0.116. The third-order valence-corrected chi connectivity index (χ3v) is 7.75. The maximum absolute atomic E-state index is 13.0. The highest BCUT2D eigenvalue weighted by Crippen LogP contribution is 2.26. The molecule has 1 saturated heterocycles. The van der Waals surface area contributed by atoms with E-state index >= 15 is 0 Å². The molecule has 8 nitrogen and oxygen atoms in total. The van der Waals surface area contributed by atoms with Crippen molar-refractivity contribution in [1.82, 2.24) is 15.4 Å². The molecule has 0 spiro atoms. The minimum atomic E-state index is -3.97. The fourth-order valence-corrected chi connectivity index (χ4v) is 5.42. The molecule has 0 saturated carbocycles. The van der Waals surface area contributed by atoms with Crippen molar-refractivity contribution in [3.63, 3.8) is 0 Å². The van der Waals surface area contributed by atoms with E-state index in [1.54, 1.807) is 35.6 Å². The molecule has 2 aromatic rings. The smallest absolute Gasteiger partial charge is 0.267 e. The van der Waals surface area contributed by atoms with Gasteiger partial charge in [-0.3, -0.25) is 9.52 Å². The lowest BCUT2D eigenvalue weighted by Crippen LogP contribution is -2.37. The maximum Gasteiger partial charge on any atom is 0.267 e. The van der Waals surface area contributed by atoms with Crippen LogP contribution in [0.1, 0.15) is 29.7 Å². The Morgan fingerprint density at radius 1 is 1.32 bits per heavy atom. The van der Waals surface area contributed by atoms with Gasteiger partial charge in [0.2, 0.25) is 5.91 Å². The molecule has 3 rings (SSSR count). The minimum Gasteiger partial charge on any atom is -0.489 e. The molecule has 0 bridgehead atoms. The molecule has 11 heteroatoms. The number of hydrogen-bond acceptors (Lipinski definition) is 7. The van der Waals surface area contributed by atoms with E-state index in [0.717, 1.165) is 29.7 Å². The first-order chi connectivity index (χ1) is 16.4. The van der Waals surface area contributed by atoms with Gasteiger partial charge in [0, 0.05) is 31.2 Å². The Labute approximate surface area is 209 Å². The number of amides is 1. The van der Waals surface area contributed by atoms with Gasteiger partial charge in [-0.1, -0.05) is 12.1 Å². The second kappa shape index (κ2) is 12.8. The molecule has 34 heavy (non-hydrogen) atoms. The fraction of sp³-hybridized carbons (Fsp3) is 0.391. The van der Waals surface area contributed by atoms with E-state index in [-0.39, 0.29) is 34.4 Å². The Morgan fingerprint density at radius 3 is 2.88 bits per heavy atom. The Hall–Kier alpha value is -2.47. The number of sulfonamides is 1. The predicted molar refractivity (Wildman–Crippen MR) is 138 cm³/mol. The highest BCUT2D eigenvalue weighted by molar-refractivity contribution is 7.92. The average molecular weight is 524 g/mol. The summed E-state index contributed by atoms with van der Waals surface area (Å²) < 4.78 is 39.8. The number of rotatable bonds is 10. The van der Waals surface area contributed by atoms with E-state index < -0.39 is 10.0 Å². The Balaban J connectivity index is 1.67. The SMILES string of the molecule is CNC(=S)NS(=O)(=O)c1cc(CCNC(=O)/C=C/c2cccs2)ccc1OCC1CCCCO1. The van der Waals surface area contributed by atoms with Crippen molar-refractivity contribution in [2.45, 2.75) is 36.7 Å². The molecule has 1 aliphatic heterocycles.